The zero-order chi connectivity index (χ0) is 19.7. The Morgan fingerprint density at radius 3 is 2.96 bits per heavy atom. The van der Waals surface area contributed by atoms with Crippen LogP contribution < -0.4 is 5.32 Å². The summed E-state index contributed by atoms with van der Waals surface area (Å²) in [4.78, 5) is 27.6. The lowest BCUT2D eigenvalue weighted by atomic mass is 10.1. The van der Waals surface area contributed by atoms with Gasteiger partial charge in [0.25, 0.3) is 5.91 Å². The van der Waals surface area contributed by atoms with E-state index in [-0.39, 0.29) is 18.1 Å². The Kier molecular flexibility index (Phi) is 5.36. The molecule has 1 aliphatic rings. The van der Waals surface area contributed by atoms with E-state index in [4.69, 9.17) is 5.11 Å². The predicted octanol–water partition coefficient (Wildman–Crippen LogP) is 4.47. The molecule has 1 aromatic carbocycles. The number of nitrogens with one attached hydrogen (secondary N) is 1. The first kappa shape index (κ1) is 18.9. The van der Waals surface area contributed by atoms with Crippen molar-refractivity contribution in [1.82, 2.24) is 9.55 Å². The van der Waals surface area contributed by atoms with Crippen LogP contribution in [-0.2, 0) is 11.3 Å². The Hall–Kier alpha value is -2.39. The van der Waals surface area contributed by atoms with Crippen molar-refractivity contribution in [2.45, 2.75) is 30.0 Å². The number of aliphatic carboxylic acids is 1. The first-order valence-electron chi connectivity index (χ1n) is 8.90. The Bertz CT molecular complexity index is 1040. The molecule has 9 heteroatoms. The van der Waals surface area contributed by atoms with Crippen molar-refractivity contribution in [1.29, 1.82) is 0 Å². The smallest absolute Gasteiger partial charge is 0.304 e. The molecule has 1 saturated carbocycles. The van der Waals surface area contributed by atoms with Gasteiger partial charge in [-0.05, 0) is 37.0 Å². The molecule has 3 aromatic rings. The van der Waals surface area contributed by atoms with Crippen molar-refractivity contribution >= 4 is 51.0 Å². The van der Waals surface area contributed by atoms with E-state index in [9.17, 15) is 14.0 Å². The second-order valence-corrected chi connectivity index (χ2v) is 9.16. The fourth-order valence-electron chi connectivity index (χ4n) is 2.96. The molecule has 1 amide bonds. The van der Waals surface area contributed by atoms with E-state index in [0.29, 0.717) is 27.8 Å². The van der Waals surface area contributed by atoms with Crippen molar-refractivity contribution in [3.05, 3.63) is 42.0 Å². The Morgan fingerprint density at radius 1 is 1.39 bits per heavy atom. The van der Waals surface area contributed by atoms with Gasteiger partial charge in [0.2, 0.25) is 0 Å². The van der Waals surface area contributed by atoms with Gasteiger partial charge in [-0.15, -0.1) is 11.8 Å². The van der Waals surface area contributed by atoms with E-state index in [1.165, 1.54) is 35.2 Å². The van der Waals surface area contributed by atoms with Gasteiger partial charge >= 0.3 is 5.97 Å². The van der Waals surface area contributed by atoms with E-state index >= 15 is 0 Å². The maximum Gasteiger partial charge on any atom is 0.304 e. The number of aromatic nitrogens is 2. The molecule has 0 bridgehead atoms. The number of fused-ring (bicyclic) bond motifs is 1. The molecule has 0 atom stereocenters. The van der Waals surface area contributed by atoms with Crippen LogP contribution in [0, 0.1) is 11.7 Å². The van der Waals surface area contributed by atoms with Crippen molar-refractivity contribution in [2.75, 3.05) is 11.1 Å². The van der Waals surface area contributed by atoms with E-state index in [1.54, 1.807) is 18.5 Å². The SMILES string of the molecule is O=C(O)CCSc1cnc(NC(=O)c2cn(CC3CC3)c3cc(F)ccc23)s1. The topological polar surface area (TPSA) is 84.2 Å². The minimum absolute atomic E-state index is 0.0708. The average molecular weight is 420 g/mol. The van der Waals surface area contributed by atoms with Crippen molar-refractivity contribution in [2.24, 2.45) is 5.92 Å². The largest absolute Gasteiger partial charge is 0.481 e. The third-order valence-electron chi connectivity index (χ3n) is 4.51. The molecule has 2 aromatic heterocycles. The third kappa shape index (κ3) is 4.36. The summed E-state index contributed by atoms with van der Waals surface area (Å²) in [6, 6.07) is 4.47. The van der Waals surface area contributed by atoms with Gasteiger partial charge in [-0.2, -0.15) is 0 Å². The third-order valence-corrected chi connectivity index (χ3v) is 6.62. The fourth-order valence-corrected chi connectivity index (χ4v) is 4.84. The van der Waals surface area contributed by atoms with Crippen LogP contribution in [-0.4, -0.2) is 32.3 Å². The number of amides is 1. The number of carboxylic acids is 1. The van der Waals surface area contributed by atoms with E-state index in [2.05, 4.69) is 10.3 Å². The Balaban J connectivity index is 1.51. The lowest BCUT2D eigenvalue weighted by Crippen LogP contribution is -2.11. The summed E-state index contributed by atoms with van der Waals surface area (Å²) in [6.45, 7) is 0.787. The summed E-state index contributed by atoms with van der Waals surface area (Å²) in [7, 11) is 0. The number of anilines is 1. The molecule has 28 heavy (non-hydrogen) atoms. The summed E-state index contributed by atoms with van der Waals surface area (Å²) >= 11 is 2.70. The highest BCUT2D eigenvalue weighted by molar-refractivity contribution is 8.01. The molecule has 0 spiro atoms. The molecule has 1 fully saturated rings. The Labute approximate surface area is 168 Å². The maximum absolute atomic E-state index is 13.7. The molecule has 0 saturated heterocycles. The van der Waals surface area contributed by atoms with Gasteiger partial charge in [-0.3, -0.25) is 14.9 Å². The predicted molar refractivity (Wildman–Crippen MR) is 108 cm³/mol. The van der Waals surface area contributed by atoms with Crippen LogP contribution in [0.3, 0.4) is 0 Å². The molecule has 146 valence electrons. The average Bonchev–Trinajstić information content (AvgIpc) is 3.24. The summed E-state index contributed by atoms with van der Waals surface area (Å²) in [5.41, 5.74) is 1.21. The van der Waals surface area contributed by atoms with Crippen LogP contribution in [0.5, 0.6) is 0 Å². The van der Waals surface area contributed by atoms with Gasteiger partial charge in [0.05, 0.1) is 27.9 Å². The standard InChI is InChI=1S/C19H18FN3O3S2/c20-12-3-4-13-14(10-23(15(13)7-12)9-11-1-2-11)18(26)22-19-21-8-17(28-19)27-6-5-16(24)25/h3-4,7-8,10-11H,1-2,5-6,9H2,(H,24,25)(H,21,22,26). The van der Waals surface area contributed by atoms with Crippen molar-refractivity contribution in [3.63, 3.8) is 0 Å². The molecule has 0 radical (unpaired) electrons. The quantitative estimate of drug-likeness (QED) is 0.527. The monoisotopic (exact) mass is 419 g/mol. The van der Waals surface area contributed by atoms with Crippen molar-refractivity contribution < 1.29 is 19.1 Å². The molecule has 2 N–H and O–H groups in total. The normalized spacial score (nSPS) is 13.8. The minimum atomic E-state index is -0.843. The molecule has 0 aliphatic heterocycles. The van der Waals surface area contributed by atoms with Gasteiger partial charge in [0, 0.05) is 23.9 Å². The van der Waals surface area contributed by atoms with Gasteiger partial charge in [0.1, 0.15) is 5.82 Å². The van der Waals surface area contributed by atoms with Crippen LogP contribution in [0.2, 0.25) is 0 Å². The van der Waals surface area contributed by atoms with Crippen LogP contribution in [0.4, 0.5) is 9.52 Å². The number of thioether (sulfide) groups is 1. The second kappa shape index (κ2) is 7.92. The zero-order valence-corrected chi connectivity index (χ0v) is 16.5. The highest BCUT2D eigenvalue weighted by Crippen LogP contribution is 2.34. The van der Waals surface area contributed by atoms with E-state index in [1.807, 2.05) is 4.57 Å². The number of thiazole rings is 1. The summed E-state index contributed by atoms with van der Waals surface area (Å²) in [5.74, 6) is -0.408. The summed E-state index contributed by atoms with van der Waals surface area (Å²) in [5, 5.41) is 12.7. The number of hydrogen-bond donors (Lipinski definition) is 2. The zero-order valence-electron chi connectivity index (χ0n) is 14.9. The lowest BCUT2D eigenvalue weighted by Gasteiger charge is -2.02. The van der Waals surface area contributed by atoms with Gasteiger partial charge in [0.15, 0.2) is 5.13 Å². The molecule has 4 rings (SSSR count). The van der Waals surface area contributed by atoms with Crippen LogP contribution in [0.15, 0.2) is 34.8 Å². The van der Waals surface area contributed by atoms with Gasteiger partial charge in [-0.25, -0.2) is 9.37 Å². The number of hydrogen-bond acceptors (Lipinski definition) is 5. The highest BCUT2D eigenvalue weighted by atomic mass is 32.2. The van der Waals surface area contributed by atoms with Gasteiger partial charge in [-0.1, -0.05) is 11.3 Å². The van der Waals surface area contributed by atoms with E-state index in [0.717, 1.165) is 29.1 Å². The number of rotatable bonds is 8. The fraction of sp³-hybridized carbons (Fsp3) is 0.316. The minimum Gasteiger partial charge on any atom is -0.481 e. The first-order valence-corrected chi connectivity index (χ1v) is 10.7. The highest BCUT2D eigenvalue weighted by Gasteiger charge is 2.24. The Morgan fingerprint density at radius 2 is 2.21 bits per heavy atom. The van der Waals surface area contributed by atoms with Gasteiger partial charge < -0.3 is 9.67 Å². The second-order valence-electron chi connectivity index (χ2n) is 6.73. The number of carboxylic acid groups (broad SMARTS) is 1. The number of benzene rings is 1. The molecule has 1 aliphatic carbocycles. The molecule has 6 nitrogen and oxygen atoms in total. The summed E-state index contributed by atoms with van der Waals surface area (Å²) in [6.07, 6.45) is 5.81. The number of carbonyl (C=O) groups excluding carboxylic acids is 1. The van der Waals surface area contributed by atoms with Crippen LogP contribution >= 0.6 is 23.1 Å². The number of halogens is 1. The van der Waals surface area contributed by atoms with Crippen LogP contribution in [0.25, 0.3) is 10.9 Å². The molecule has 2 heterocycles. The van der Waals surface area contributed by atoms with Crippen LogP contribution in [0.1, 0.15) is 29.6 Å². The van der Waals surface area contributed by atoms with Crippen molar-refractivity contribution in [3.8, 4) is 0 Å². The number of nitrogens with zero attached hydrogens (tertiary/aromatic N) is 2. The maximum atomic E-state index is 13.7. The molecule has 0 unspecified atom stereocenters. The van der Waals surface area contributed by atoms with E-state index < -0.39 is 5.97 Å². The molecular formula is C19H18FN3O3S2. The molecular weight excluding hydrogens is 401 g/mol. The number of carbonyl (C=O) groups is 2. The lowest BCUT2D eigenvalue weighted by molar-refractivity contribution is -0.136. The summed E-state index contributed by atoms with van der Waals surface area (Å²) < 4.78 is 16.5. The first-order chi connectivity index (χ1) is 13.5.